The standard InChI is InChI=1S/C33H28ClNO13/c1-13-9-10-18-20(11-13)28(41)24-25(27(18)40)30(23-19(26(24)34)7-6-8-21(23)35(42)43)48-33-32(46-17(5)39)31(45-16(4)38)29(44-15(3)37)22(47-33)12-14(2)36/h6-11,22,29,31-33H,12H2,1-5H3/t22-,29+,31+,32+,33+/m0/s1. The van der Waals surface area contributed by atoms with E-state index in [9.17, 15) is 38.9 Å². The number of non-ortho nitro benzene ring substituents is 1. The Morgan fingerprint density at radius 1 is 0.854 bits per heavy atom. The number of fused-ring (bicyclic) bond motifs is 3. The number of hydrogen-bond donors (Lipinski definition) is 0. The van der Waals surface area contributed by atoms with Crippen LogP contribution in [0.1, 0.15) is 71.5 Å². The van der Waals surface area contributed by atoms with Crippen LogP contribution in [0.3, 0.4) is 0 Å². The number of nitrogens with zero attached hydrogens (tertiary/aromatic N) is 1. The van der Waals surface area contributed by atoms with Gasteiger partial charge in [-0.3, -0.25) is 38.9 Å². The van der Waals surface area contributed by atoms with Gasteiger partial charge < -0.3 is 23.7 Å². The van der Waals surface area contributed by atoms with Crippen molar-refractivity contribution < 1.29 is 57.4 Å². The van der Waals surface area contributed by atoms with Gasteiger partial charge in [-0.05, 0) is 19.9 Å². The van der Waals surface area contributed by atoms with Crippen molar-refractivity contribution in [2.24, 2.45) is 0 Å². The number of hydrogen-bond acceptors (Lipinski definition) is 13. The van der Waals surface area contributed by atoms with Gasteiger partial charge in [0.25, 0.3) is 5.69 Å². The van der Waals surface area contributed by atoms with Gasteiger partial charge >= 0.3 is 17.9 Å². The molecule has 0 N–H and O–H groups in total. The number of ether oxygens (including phenoxy) is 5. The molecule has 1 aliphatic heterocycles. The number of rotatable bonds is 8. The van der Waals surface area contributed by atoms with Gasteiger partial charge in [-0.1, -0.05) is 41.4 Å². The van der Waals surface area contributed by atoms with Crippen LogP contribution >= 0.6 is 11.6 Å². The van der Waals surface area contributed by atoms with E-state index in [1.165, 1.54) is 31.2 Å². The zero-order valence-electron chi connectivity index (χ0n) is 26.2. The summed E-state index contributed by atoms with van der Waals surface area (Å²) in [7, 11) is 0. The Balaban J connectivity index is 1.80. The van der Waals surface area contributed by atoms with Crippen molar-refractivity contribution in [3.05, 3.63) is 79.4 Å². The van der Waals surface area contributed by atoms with Gasteiger partial charge in [-0.25, -0.2) is 0 Å². The second kappa shape index (κ2) is 13.1. The summed E-state index contributed by atoms with van der Waals surface area (Å²) in [5, 5.41) is 11.8. The minimum atomic E-state index is -1.86. The van der Waals surface area contributed by atoms with Crippen molar-refractivity contribution in [3.63, 3.8) is 0 Å². The smallest absolute Gasteiger partial charge is 0.303 e. The highest BCUT2D eigenvalue weighted by Gasteiger charge is 2.54. The quantitative estimate of drug-likeness (QED) is 0.110. The summed E-state index contributed by atoms with van der Waals surface area (Å²) in [5.41, 5.74) is -0.577. The van der Waals surface area contributed by atoms with Crippen molar-refractivity contribution >= 4 is 63.3 Å². The fourth-order valence-electron chi connectivity index (χ4n) is 5.97. The Kier molecular flexibility index (Phi) is 9.33. The first-order chi connectivity index (χ1) is 22.6. The zero-order valence-corrected chi connectivity index (χ0v) is 26.9. The molecule has 0 amide bonds. The zero-order chi connectivity index (χ0) is 35.2. The van der Waals surface area contributed by atoms with Gasteiger partial charge in [0.2, 0.25) is 12.4 Å². The number of Topliss-reactive ketones (excluding diaryl/α,β-unsaturated/α-hetero) is 1. The number of nitro benzene ring substituents is 1. The molecule has 1 heterocycles. The van der Waals surface area contributed by atoms with E-state index in [-0.39, 0.29) is 32.5 Å². The maximum Gasteiger partial charge on any atom is 0.303 e. The van der Waals surface area contributed by atoms with E-state index in [2.05, 4.69) is 0 Å². The maximum atomic E-state index is 14.2. The number of benzene rings is 3. The summed E-state index contributed by atoms with van der Waals surface area (Å²) in [4.78, 5) is 88.9. The average Bonchev–Trinajstić information content (AvgIpc) is 2.99. The van der Waals surface area contributed by atoms with E-state index in [0.29, 0.717) is 5.56 Å². The van der Waals surface area contributed by atoms with Gasteiger partial charge in [0.05, 0.1) is 21.1 Å². The Labute approximate surface area is 277 Å². The normalized spacial score (nSPS) is 21.5. The summed E-state index contributed by atoms with van der Waals surface area (Å²) >= 11 is 6.75. The van der Waals surface area contributed by atoms with E-state index in [0.717, 1.165) is 26.8 Å². The molecule has 14 nitrogen and oxygen atoms in total. The summed E-state index contributed by atoms with van der Waals surface area (Å²) < 4.78 is 28.7. The highest BCUT2D eigenvalue weighted by atomic mass is 35.5. The Hall–Kier alpha value is -5.21. The van der Waals surface area contributed by atoms with Gasteiger partial charge in [-0.15, -0.1) is 0 Å². The average molecular weight is 682 g/mol. The topological polar surface area (TPSA) is 192 Å². The Morgan fingerprint density at radius 3 is 2.06 bits per heavy atom. The minimum Gasteiger partial charge on any atom is -0.459 e. The molecule has 0 aromatic heterocycles. The summed E-state index contributed by atoms with van der Waals surface area (Å²) in [6.07, 6.45) is -8.46. The molecule has 5 rings (SSSR count). The SMILES string of the molecule is CC(=O)C[C@@H]1O[C@H](Oc2c3c(c(Cl)c4cccc([N+](=O)[O-])c24)C(=O)c2cc(C)ccc2C3=O)[C@H](OC(C)=O)[C@H](OC(C)=O)[C@@H]1OC(C)=O. The molecule has 0 radical (unpaired) electrons. The Morgan fingerprint density at radius 2 is 1.46 bits per heavy atom. The molecular formula is C33H28ClNO13. The van der Waals surface area contributed by atoms with Crippen molar-refractivity contribution in [1.29, 1.82) is 0 Å². The summed E-state index contributed by atoms with van der Waals surface area (Å²) in [5.74, 6) is -5.04. The highest BCUT2D eigenvalue weighted by Crippen LogP contribution is 2.48. The molecular weight excluding hydrogens is 654 g/mol. The number of ketones is 3. The molecule has 0 spiro atoms. The van der Waals surface area contributed by atoms with Gasteiger partial charge in [0.15, 0.2) is 23.8 Å². The van der Waals surface area contributed by atoms with Crippen LogP contribution in [-0.4, -0.2) is 70.9 Å². The van der Waals surface area contributed by atoms with Crippen LogP contribution in [0, 0.1) is 17.0 Å². The Bertz CT molecular complexity index is 1940. The van der Waals surface area contributed by atoms with Crippen LogP contribution in [0.25, 0.3) is 10.8 Å². The molecule has 3 aromatic rings. The lowest BCUT2D eigenvalue weighted by molar-refractivity contribution is -0.383. The molecule has 15 heteroatoms. The van der Waals surface area contributed by atoms with Crippen molar-refractivity contribution in [2.45, 2.75) is 71.7 Å². The van der Waals surface area contributed by atoms with Crippen LogP contribution in [0.4, 0.5) is 5.69 Å². The van der Waals surface area contributed by atoms with Crippen LogP contribution in [0.5, 0.6) is 5.75 Å². The lowest BCUT2D eigenvalue weighted by Gasteiger charge is -2.44. The number of carbonyl (C=O) groups excluding carboxylic acids is 6. The van der Waals surface area contributed by atoms with E-state index in [4.69, 9.17) is 35.3 Å². The first-order valence-corrected chi connectivity index (χ1v) is 14.9. The third-order valence-electron chi connectivity index (χ3n) is 7.74. The highest BCUT2D eigenvalue weighted by molar-refractivity contribution is 6.44. The lowest BCUT2D eigenvalue weighted by atomic mass is 9.81. The van der Waals surface area contributed by atoms with Crippen molar-refractivity contribution in [1.82, 2.24) is 0 Å². The maximum absolute atomic E-state index is 14.2. The first kappa shape index (κ1) is 34.1. The van der Waals surface area contributed by atoms with Crippen LogP contribution in [0.15, 0.2) is 36.4 Å². The number of aryl methyl sites for hydroxylation is 1. The van der Waals surface area contributed by atoms with E-state index in [1.54, 1.807) is 13.0 Å². The molecule has 0 saturated carbocycles. The first-order valence-electron chi connectivity index (χ1n) is 14.6. The molecule has 250 valence electrons. The molecule has 3 aromatic carbocycles. The monoisotopic (exact) mass is 681 g/mol. The molecule has 1 aliphatic carbocycles. The molecule has 0 bridgehead atoms. The molecule has 2 aliphatic rings. The van der Waals surface area contributed by atoms with Crippen molar-refractivity contribution in [3.8, 4) is 5.75 Å². The van der Waals surface area contributed by atoms with Gasteiger partial charge in [0.1, 0.15) is 23.0 Å². The molecule has 48 heavy (non-hydrogen) atoms. The number of carbonyl (C=O) groups is 6. The van der Waals surface area contributed by atoms with Crippen LogP contribution < -0.4 is 4.74 Å². The molecule has 0 unspecified atom stereocenters. The van der Waals surface area contributed by atoms with Crippen LogP contribution in [0.2, 0.25) is 5.02 Å². The van der Waals surface area contributed by atoms with Gasteiger partial charge in [-0.2, -0.15) is 0 Å². The third-order valence-corrected chi connectivity index (χ3v) is 8.13. The number of halogens is 1. The molecule has 1 saturated heterocycles. The van der Waals surface area contributed by atoms with E-state index in [1.807, 2.05) is 0 Å². The second-order valence-corrected chi connectivity index (χ2v) is 11.7. The number of esters is 3. The minimum absolute atomic E-state index is 0.0219. The van der Waals surface area contributed by atoms with Gasteiger partial charge in [0, 0.05) is 49.8 Å². The lowest BCUT2D eigenvalue weighted by Crippen LogP contribution is -2.63. The van der Waals surface area contributed by atoms with Crippen molar-refractivity contribution in [2.75, 3.05) is 0 Å². The predicted molar refractivity (Wildman–Crippen MR) is 165 cm³/mol. The number of nitro groups is 1. The summed E-state index contributed by atoms with van der Waals surface area (Å²) in [6.45, 7) is 6.07. The fraction of sp³-hybridized carbons (Fsp3) is 0.333. The molecule has 1 fully saturated rings. The van der Waals surface area contributed by atoms with E-state index < -0.39 is 94.3 Å². The summed E-state index contributed by atoms with van der Waals surface area (Å²) in [6, 6.07) is 8.40. The van der Waals surface area contributed by atoms with E-state index >= 15 is 0 Å². The predicted octanol–water partition coefficient (Wildman–Crippen LogP) is 4.36. The third kappa shape index (κ3) is 6.23. The largest absolute Gasteiger partial charge is 0.459 e. The second-order valence-electron chi connectivity index (χ2n) is 11.3. The molecule has 5 atom stereocenters. The van der Waals surface area contributed by atoms with Crippen LogP contribution in [-0.2, 0) is 38.1 Å². The fourth-order valence-corrected chi connectivity index (χ4v) is 6.31.